The fraction of sp³-hybridized carbons (Fsp3) is 0.500. The van der Waals surface area contributed by atoms with Crippen LogP contribution in [0.3, 0.4) is 0 Å². The van der Waals surface area contributed by atoms with Gasteiger partial charge in [-0.3, -0.25) is 4.79 Å². The van der Waals surface area contributed by atoms with E-state index in [0.29, 0.717) is 17.4 Å². The molecule has 1 fully saturated rings. The molecule has 1 aliphatic rings. The molecule has 1 aromatic carbocycles. The Labute approximate surface area is 102 Å². The standard InChI is InChI=1S/C14H19NO2/c1-10(2)12-7-8-15(9-12)14(17)11-3-5-13(16)6-4-11/h3-6,10,12,16H,7-9H2,1-2H3. The van der Waals surface area contributed by atoms with Crippen molar-refractivity contribution in [2.75, 3.05) is 13.1 Å². The van der Waals surface area contributed by atoms with E-state index >= 15 is 0 Å². The summed E-state index contributed by atoms with van der Waals surface area (Å²) in [6.45, 7) is 6.12. The van der Waals surface area contributed by atoms with Crippen LogP contribution in [0.25, 0.3) is 0 Å². The molecular weight excluding hydrogens is 214 g/mol. The van der Waals surface area contributed by atoms with E-state index in [1.165, 1.54) is 0 Å². The number of aromatic hydroxyl groups is 1. The minimum atomic E-state index is 0.0770. The van der Waals surface area contributed by atoms with E-state index in [0.717, 1.165) is 19.5 Å². The second kappa shape index (κ2) is 4.78. The lowest BCUT2D eigenvalue weighted by Crippen LogP contribution is -2.29. The molecule has 0 radical (unpaired) electrons. The summed E-state index contributed by atoms with van der Waals surface area (Å²) in [5, 5.41) is 9.19. The number of nitrogens with zero attached hydrogens (tertiary/aromatic N) is 1. The number of phenolic OH excluding ortho intramolecular Hbond substituents is 1. The average Bonchev–Trinajstić information content (AvgIpc) is 2.78. The van der Waals surface area contributed by atoms with Crippen molar-refractivity contribution in [3.05, 3.63) is 29.8 Å². The number of likely N-dealkylation sites (tertiary alicyclic amines) is 1. The SMILES string of the molecule is CC(C)C1CCN(C(=O)c2ccc(O)cc2)C1. The van der Waals surface area contributed by atoms with Gasteiger partial charge in [-0.05, 0) is 42.5 Å². The second-order valence-corrected chi connectivity index (χ2v) is 5.09. The monoisotopic (exact) mass is 233 g/mol. The minimum Gasteiger partial charge on any atom is -0.508 e. The van der Waals surface area contributed by atoms with E-state index in [2.05, 4.69) is 13.8 Å². The molecule has 92 valence electrons. The van der Waals surface area contributed by atoms with Crippen molar-refractivity contribution in [2.24, 2.45) is 11.8 Å². The van der Waals surface area contributed by atoms with E-state index in [-0.39, 0.29) is 11.7 Å². The van der Waals surface area contributed by atoms with E-state index < -0.39 is 0 Å². The van der Waals surface area contributed by atoms with Crippen molar-refractivity contribution in [3.8, 4) is 5.75 Å². The molecule has 0 spiro atoms. The van der Waals surface area contributed by atoms with Gasteiger partial charge in [-0.1, -0.05) is 13.8 Å². The third-order valence-electron chi connectivity index (χ3n) is 3.57. The molecule has 3 heteroatoms. The summed E-state index contributed by atoms with van der Waals surface area (Å²) in [6, 6.07) is 6.48. The lowest BCUT2D eigenvalue weighted by molar-refractivity contribution is 0.0784. The fourth-order valence-corrected chi connectivity index (χ4v) is 2.30. The van der Waals surface area contributed by atoms with Crippen LogP contribution in [0.15, 0.2) is 24.3 Å². The molecule has 1 heterocycles. The molecule has 0 aromatic heterocycles. The summed E-state index contributed by atoms with van der Waals surface area (Å²) in [6.07, 6.45) is 1.10. The van der Waals surface area contributed by atoms with Gasteiger partial charge in [-0.15, -0.1) is 0 Å². The molecule has 0 aliphatic carbocycles. The number of phenols is 1. The van der Waals surface area contributed by atoms with Gasteiger partial charge in [0.15, 0.2) is 0 Å². The number of rotatable bonds is 2. The predicted octanol–water partition coefficient (Wildman–Crippen LogP) is 2.51. The van der Waals surface area contributed by atoms with Crippen LogP contribution < -0.4 is 0 Å². The fourth-order valence-electron chi connectivity index (χ4n) is 2.30. The van der Waals surface area contributed by atoms with Gasteiger partial charge in [-0.2, -0.15) is 0 Å². The number of hydrogen-bond donors (Lipinski definition) is 1. The molecular formula is C14H19NO2. The van der Waals surface area contributed by atoms with Crippen LogP contribution in [0.4, 0.5) is 0 Å². The first-order chi connectivity index (χ1) is 8.08. The first-order valence-corrected chi connectivity index (χ1v) is 6.16. The minimum absolute atomic E-state index is 0.0770. The van der Waals surface area contributed by atoms with Crippen LogP contribution in [0.5, 0.6) is 5.75 Å². The van der Waals surface area contributed by atoms with Crippen molar-refractivity contribution in [1.82, 2.24) is 4.90 Å². The summed E-state index contributed by atoms with van der Waals surface area (Å²) in [5.74, 6) is 1.53. The molecule has 1 unspecified atom stereocenters. The van der Waals surface area contributed by atoms with Crippen molar-refractivity contribution in [1.29, 1.82) is 0 Å². The van der Waals surface area contributed by atoms with Crippen LogP contribution in [0.1, 0.15) is 30.6 Å². The molecule has 3 nitrogen and oxygen atoms in total. The maximum atomic E-state index is 12.2. The van der Waals surface area contributed by atoms with Crippen molar-refractivity contribution in [2.45, 2.75) is 20.3 Å². The van der Waals surface area contributed by atoms with Crippen molar-refractivity contribution >= 4 is 5.91 Å². The smallest absolute Gasteiger partial charge is 0.253 e. The Morgan fingerprint density at radius 1 is 1.35 bits per heavy atom. The van der Waals surface area contributed by atoms with Gasteiger partial charge in [0, 0.05) is 18.7 Å². The maximum Gasteiger partial charge on any atom is 0.253 e. The lowest BCUT2D eigenvalue weighted by Gasteiger charge is -2.18. The Balaban J connectivity index is 2.04. The molecule has 17 heavy (non-hydrogen) atoms. The Hall–Kier alpha value is -1.51. The number of carbonyl (C=O) groups is 1. The Morgan fingerprint density at radius 3 is 2.53 bits per heavy atom. The predicted molar refractivity (Wildman–Crippen MR) is 67.0 cm³/mol. The van der Waals surface area contributed by atoms with Crippen molar-refractivity contribution in [3.63, 3.8) is 0 Å². The van der Waals surface area contributed by atoms with E-state index in [4.69, 9.17) is 0 Å². The average molecular weight is 233 g/mol. The molecule has 1 aromatic rings. The van der Waals surface area contributed by atoms with Gasteiger partial charge in [0.05, 0.1) is 0 Å². The number of benzene rings is 1. The third-order valence-corrected chi connectivity index (χ3v) is 3.57. The van der Waals surface area contributed by atoms with Gasteiger partial charge in [0.2, 0.25) is 0 Å². The molecule has 1 N–H and O–H groups in total. The van der Waals surface area contributed by atoms with Crippen LogP contribution in [0, 0.1) is 11.8 Å². The van der Waals surface area contributed by atoms with Gasteiger partial charge >= 0.3 is 0 Å². The molecule has 0 bridgehead atoms. The summed E-state index contributed by atoms with van der Waals surface area (Å²) >= 11 is 0. The highest BCUT2D eigenvalue weighted by atomic mass is 16.3. The molecule has 2 rings (SSSR count). The molecule has 0 saturated carbocycles. The Morgan fingerprint density at radius 2 is 2.00 bits per heavy atom. The number of hydrogen-bond acceptors (Lipinski definition) is 2. The molecule has 1 atom stereocenters. The largest absolute Gasteiger partial charge is 0.508 e. The van der Waals surface area contributed by atoms with Crippen LogP contribution in [-0.4, -0.2) is 29.0 Å². The van der Waals surface area contributed by atoms with Gasteiger partial charge < -0.3 is 10.0 Å². The highest BCUT2D eigenvalue weighted by Crippen LogP contribution is 2.25. The maximum absolute atomic E-state index is 12.2. The number of carbonyl (C=O) groups excluding carboxylic acids is 1. The first-order valence-electron chi connectivity index (χ1n) is 6.16. The van der Waals surface area contributed by atoms with Gasteiger partial charge in [-0.25, -0.2) is 0 Å². The van der Waals surface area contributed by atoms with Crippen LogP contribution in [-0.2, 0) is 0 Å². The van der Waals surface area contributed by atoms with Crippen LogP contribution in [0.2, 0.25) is 0 Å². The quantitative estimate of drug-likeness (QED) is 0.852. The summed E-state index contributed by atoms with van der Waals surface area (Å²) in [4.78, 5) is 14.1. The summed E-state index contributed by atoms with van der Waals surface area (Å²) in [5.41, 5.74) is 0.659. The highest BCUT2D eigenvalue weighted by Gasteiger charge is 2.28. The summed E-state index contributed by atoms with van der Waals surface area (Å²) in [7, 11) is 0. The third kappa shape index (κ3) is 2.60. The molecule has 1 aliphatic heterocycles. The second-order valence-electron chi connectivity index (χ2n) is 5.09. The highest BCUT2D eigenvalue weighted by molar-refractivity contribution is 5.94. The van der Waals surface area contributed by atoms with E-state index in [1.807, 2.05) is 4.90 Å². The summed E-state index contributed by atoms with van der Waals surface area (Å²) < 4.78 is 0. The Bertz CT molecular complexity index is 397. The van der Waals surface area contributed by atoms with Gasteiger partial charge in [0.25, 0.3) is 5.91 Å². The first kappa shape index (κ1) is 12.0. The normalized spacial score (nSPS) is 19.9. The molecule has 1 saturated heterocycles. The van der Waals surface area contributed by atoms with Crippen LogP contribution >= 0.6 is 0 Å². The zero-order valence-electron chi connectivity index (χ0n) is 10.4. The molecule has 1 amide bonds. The zero-order valence-corrected chi connectivity index (χ0v) is 10.4. The number of amides is 1. The van der Waals surface area contributed by atoms with Gasteiger partial charge in [0.1, 0.15) is 5.75 Å². The zero-order chi connectivity index (χ0) is 12.4. The van der Waals surface area contributed by atoms with E-state index in [9.17, 15) is 9.90 Å². The topological polar surface area (TPSA) is 40.5 Å². The van der Waals surface area contributed by atoms with E-state index in [1.54, 1.807) is 24.3 Å². The Kier molecular flexibility index (Phi) is 3.36. The lowest BCUT2D eigenvalue weighted by atomic mass is 9.95. The van der Waals surface area contributed by atoms with Crippen molar-refractivity contribution < 1.29 is 9.90 Å².